The minimum atomic E-state index is -0.153. The molecular weight excluding hydrogens is 327 g/mol. The van der Waals surface area contributed by atoms with Crippen LogP contribution in [0, 0.1) is 3.57 Å². The summed E-state index contributed by atoms with van der Waals surface area (Å²) in [6.07, 6.45) is 1.80. The van der Waals surface area contributed by atoms with Gasteiger partial charge in [-0.3, -0.25) is 11.3 Å². The number of nitrogens with one attached hydrogen (secondary N) is 1. The molecule has 0 aliphatic heterocycles. The van der Waals surface area contributed by atoms with E-state index in [1.165, 1.54) is 9.13 Å². The first-order chi connectivity index (χ1) is 7.96. The molecule has 0 heterocycles. The molecule has 0 aromatic heterocycles. The zero-order valence-corrected chi connectivity index (χ0v) is 12.8. The lowest BCUT2D eigenvalue weighted by molar-refractivity contribution is 0.00711. The summed E-state index contributed by atoms with van der Waals surface area (Å²) in [6.45, 7) is 4.15. The summed E-state index contributed by atoms with van der Waals surface area (Å²) in [7, 11) is 1.73. The molecule has 4 heteroatoms. The van der Waals surface area contributed by atoms with Gasteiger partial charge >= 0.3 is 0 Å². The number of hydrazine groups is 1. The molecule has 3 N–H and O–H groups in total. The first kappa shape index (κ1) is 14.9. The fourth-order valence-electron chi connectivity index (χ4n) is 1.77. The summed E-state index contributed by atoms with van der Waals surface area (Å²) in [6, 6.07) is 8.75. The van der Waals surface area contributed by atoms with Crippen molar-refractivity contribution in [3.63, 3.8) is 0 Å². The van der Waals surface area contributed by atoms with Gasteiger partial charge in [0.2, 0.25) is 0 Å². The highest BCUT2D eigenvalue weighted by Gasteiger charge is 2.22. The largest absolute Gasteiger partial charge is 0.379 e. The van der Waals surface area contributed by atoms with E-state index in [1.54, 1.807) is 7.11 Å². The van der Waals surface area contributed by atoms with Gasteiger partial charge in [-0.05, 0) is 67.0 Å². The molecule has 0 bridgehead atoms. The Morgan fingerprint density at radius 1 is 1.35 bits per heavy atom. The molecule has 0 radical (unpaired) electrons. The Balaban J connectivity index is 2.61. The Hall–Kier alpha value is -0.170. The monoisotopic (exact) mass is 348 g/mol. The summed E-state index contributed by atoms with van der Waals surface area (Å²) in [5, 5.41) is 0. The van der Waals surface area contributed by atoms with Crippen LogP contribution in [0.25, 0.3) is 0 Å². The first-order valence-electron chi connectivity index (χ1n) is 5.72. The van der Waals surface area contributed by atoms with Crippen molar-refractivity contribution in [3.05, 3.63) is 33.4 Å². The average molecular weight is 348 g/mol. The van der Waals surface area contributed by atoms with E-state index in [2.05, 4.69) is 66.1 Å². The van der Waals surface area contributed by atoms with Gasteiger partial charge in [0.05, 0.1) is 5.60 Å². The fourth-order valence-corrected chi connectivity index (χ4v) is 2.13. The third kappa shape index (κ3) is 5.33. The van der Waals surface area contributed by atoms with Crippen LogP contribution < -0.4 is 11.3 Å². The van der Waals surface area contributed by atoms with E-state index >= 15 is 0 Å². The van der Waals surface area contributed by atoms with Crippen molar-refractivity contribution in [2.45, 2.75) is 38.3 Å². The van der Waals surface area contributed by atoms with Crippen LogP contribution in [0.3, 0.4) is 0 Å². The van der Waals surface area contributed by atoms with Gasteiger partial charge in [-0.2, -0.15) is 0 Å². The number of ether oxygens (including phenoxy) is 1. The summed E-state index contributed by atoms with van der Waals surface area (Å²) in [5.74, 6) is 5.61. The van der Waals surface area contributed by atoms with E-state index in [0.29, 0.717) is 0 Å². The van der Waals surface area contributed by atoms with Gasteiger partial charge in [-0.15, -0.1) is 0 Å². The Labute approximate surface area is 117 Å². The third-order valence-corrected chi connectivity index (χ3v) is 3.64. The molecule has 0 amide bonds. The molecule has 1 aromatic rings. The molecule has 3 nitrogen and oxygen atoms in total. The van der Waals surface area contributed by atoms with E-state index in [9.17, 15) is 0 Å². The number of hydrogen-bond donors (Lipinski definition) is 2. The molecule has 17 heavy (non-hydrogen) atoms. The number of rotatable bonds is 6. The minimum Gasteiger partial charge on any atom is -0.379 e. The number of nitrogens with two attached hydrogens (primary N) is 1. The smallest absolute Gasteiger partial charge is 0.0638 e. The minimum absolute atomic E-state index is 0.153. The first-order valence-corrected chi connectivity index (χ1v) is 6.80. The molecule has 1 atom stereocenters. The van der Waals surface area contributed by atoms with Crippen LogP contribution >= 0.6 is 22.6 Å². The standard InChI is InChI=1S/C13H21IN2O/c1-13(2,17-3)9-12(16-15)8-10-4-6-11(14)7-5-10/h4-7,12,16H,8-9,15H2,1-3H3. The van der Waals surface area contributed by atoms with Crippen LogP contribution in [0.1, 0.15) is 25.8 Å². The van der Waals surface area contributed by atoms with Crippen molar-refractivity contribution in [1.82, 2.24) is 5.43 Å². The molecule has 0 aliphatic carbocycles. The Kier molecular flexibility index (Phi) is 5.85. The Bertz CT molecular complexity index is 338. The molecule has 96 valence electrons. The number of halogens is 1. The highest BCUT2D eigenvalue weighted by atomic mass is 127. The predicted octanol–water partition coefficient (Wildman–Crippen LogP) is 2.48. The van der Waals surface area contributed by atoms with E-state index in [0.717, 1.165) is 12.8 Å². The maximum Gasteiger partial charge on any atom is 0.0638 e. The normalized spacial score (nSPS) is 13.7. The lowest BCUT2D eigenvalue weighted by Crippen LogP contribution is -2.42. The van der Waals surface area contributed by atoms with Gasteiger partial charge < -0.3 is 4.74 Å². The zero-order valence-electron chi connectivity index (χ0n) is 10.7. The van der Waals surface area contributed by atoms with Crippen molar-refractivity contribution in [3.8, 4) is 0 Å². The van der Waals surface area contributed by atoms with Crippen LogP contribution in [0.5, 0.6) is 0 Å². The molecule has 1 unspecified atom stereocenters. The predicted molar refractivity (Wildman–Crippen MR) is 79.7 cm³/mol. The number of methoxy groups -OCH3 is 1. The van der Waals surface area contributed by atoms with Crippen molar-refractivity contribution in [2.24, 2.45) is 5.84 Å². The second-order valence-electron chi connectivity index (χ2n) is 4.86. The van der Waals surface area contributed by atoms with Gasteiger partial charge in [-0.25, -0.2) is 0 Å². The van der Waals surface area contributed by atoms with E-state index in [1.807, 2.05) is 0 Å². The Morgan fingerprint density at radius 2 is 1.94 bits per heavy atom. The SMILES string of the molecule is COC(C)(C)CC(Cc1ccc(I)cc1)NN. The van der Waals surface area contributed by atoms with Gasteiger partial charge in [0, 0.05) is 16.7 Å². The quantitative estimate of drug-likeness (QED) is 0.472. The zero-order chi connectivity index (χ0) is 12.9. The van der Waals surface area contributed by atoms with Gasteiger partial charge in [0.25, 0.3) is 0 Å². The molecule has 0 saturated carbocycles. The lowest BCUT2D eigenvalue weighted by atomic mass is 9.94. The Morgan fingerprint density at radius 3 is 2.41 bits per heavy atom. The van der Waals surface area contributed by atoms with Crippen molar-refractivity contribution in [2.75, 3.05) is 7.11 Å². The van der Waals surface area contributed by atoms with Crippen molar-refractivity contribution < 1.29 is 4.74 Å². The summed E-state index contributed by atoms with van der Waals surface area (Å²) in [5.41, 5.74) is 4.01. The highest BCUT2D eigenvalue weighted by molar-refractivity contribution is 14.1. The van der Waals surface area contributed by atoms with Crippen LogP contribution in [0.15, 0.2) is 24.3 Å². The van der Waals surface area contributed by atoms with Gasteiger partial charge in [0.1, 0.15) is 0 Å². The molecule has 0 fully saturated rings. The number of hydrogen-bond acceptors (Lipinski definition) is 3. The van der Waals surface area contributed by atoms with E-state index in [4.69, 9.17) is 10.6 Å². The molecule has 0 spiro atoms. The summed E-state index contributed by atoms with van der Waals surface area (Å²) >= 11 is 2.31. The van der Waals surface area contributed by atoms with Crippen LogP contribution in [0.2, 0.25) is 0 Å². The molecule has 0 aliphatic rings. The molecule has 1 rings (SSSR count). The summed E-state index contributed by atoms with van der Waals surface area (Å²) < 4.78 is 6.68. The van der Waals surface area contributed by atoms with Crippen molar-refractivity contribution in [1.29, 1.82) is 0 Å². The van der Waals surface area contributed by atoms with Crippen LogP contribution in [-0.4, -0.2) is 18.8 Å². The van der Waals surface area contributed by atoms with Gasteiger partial charge in [-0.1, -0.05) is 12.1 Å². The number of benzene rings is 1. The summed E-state index contributed by atoms with van der Waals surface area (Å²) in [4.78, 5) is 0. The van der Waals surface area contributed by atoms with Gasteiger partial charge in [0.15, 0.2) is 0 Å². The van der Waals surface area contributed by atoms with E-state index < -0.39 is 0 Å². The third-order valence-electron chi connectivity index (χ3n) is 2.92. The molecule has 1 aromatic carbocycles. The van der Waals surface area contributed by atoms with E-state index in [-0.39, 0.29) is 11.6 Å². The maximum atomic E-state index is 5.61. The van der Waals surface area contributed by atoms with Crippen molar-refractivity contribution >= 4 is 22.6 Å². The lowest BCUT2D eigenvalue weighted by Gasteiger charge is -2.28. The van der Waals surface area contributed by atoms with Crippen LogP contribution in [-0.2, 0) is 11.2 Å². The second kappa shape index (κ2) is 6.68. The maximum absolute atomic E-state index is 5.61. The average Bonchev–Trinajstić information content (AvgIpc) is 2.31. The van der Waals surface area contributed by atoms with Crippen LogP contribution in [0.4, 0.5) is 0 Å². The fraction of sp³-hybridized carbons (Fsp3) is 0.538. The highest BCUT2D eigenvalue weighted by Crippen LogP contribution is 2.18. The molecular formula is C13H21IN2O. The molecule has 0 saturated heterocycles. The second-order valence-corrected chi connectivity index (χ2v) is 6.11. The topological polar surface area (TPSA) is 47.3 Å².